The van der Waals surface area contributed by atoms with Gasteiger partial charge in [0.05, 0.1) is 6.10 Å². The fourth-order valence-corrected chi connectivity index (χ4v) is 2.99. The Kier molecular flexibility index (Phi) is 6.65. The average molecular weight is 218 g/mol. The first-order valence-corrected chi connectivity index (χ1v) is 6.85. The molecule has 84 valence electrons. The summed E-state index contributed by atoms with van der Waals surface area (Å²) in [5.41, 5.74) is 0. The molecule has 0 amide bonds. The Labute approximate surface area is 91.1 Å². The van der Waals surface area contributed by atoms with Gasteiger partial charge in [-0.25, -0.2) is 0 Å². The molecule has 0 aliphatic heterocycles. The van der Waals surface area contributed by atoms with Crippen LogP contribution >= 0.6 is 11.8 Å². The largest absolute Gasteiger partial charge is 0.396 e. The van der Waals surface area contributed by atoms with Gasteiger partial charge in [0.25, 0.3) is 0 Å². The van der Waals surface area contributed by atoms with E-state index >= 15 is 0 Å². The zero-order chi connectivity index (χ0) is 10.2. The topological polar surface area (TPSA) is 40.5 Å². The van der Waals surface area contributed by atoms with E-state index in [-0.39, 0.29) is 12.7 Å². The zero-order valence-electron chi connectivity index (χ0n) is 8.82. The maximum atomic E-state index is 9.73. The van der Waals surface area contributed by atoms with Gasteiger partial charge in [0.2, 0.25) is 0 Å². The number of rotatable bonds is 7. The summed E-state index contributed by atoms with van der Waals surface area (Å²) in [7, 11) is 0. The first-order valence-electron chi connectivity index (χ1n) is 5.69. The number of hydrogen-bond donors (Lipinski definition) is 2. The lowest BCUT2D eigenvalue weighted by molar-refractivity contribution is 0.165. The molecule has 2 N–H and O–H groups in total. The van der Waals surface area contributed by atoms with Crippen LogP contribution in [0.25, 0.3) is 0 Å². The van der Waals surface area contributed by atoms with E-state index in [1.807, 2.05) is 0 Å². The zero-order valence-corrected chi connectivity index (χ0v) is 9.64. The third kappa shape index (κ3) is 5.23. The summed E-state index contributed by atoms with van der Waals surface area (Å²) in [4.78, 5) is 0. The van der Waals surface area contributed by atoms with Crippen molar-refractivity contribution in [2.45, 2.75) is 44.6 Å². The fourth-order valence-electron chi connectivity index (χ4n) is 2.08. The van der Waals surface area contributed by atoms with Gasteiger partial charge in [-0.1, -0.05) is 25.7 Å². The predicted molar refractivity (Wildman–Crippen MR) is 61.6 cm³/mol. The normalized spacial score (nSPS) is 20.1. The summed E-state index contributed by atoms with van der Waals surface area (Å²) in [5.74, 6) is 2.60. The highest BCUT2D eigenvalue weighted by molar-refractivity contribution is 7.99. The molecular formula is C11H22O2S. The van der Waals surface area contributed by atoms with Gasteiger partial charge in [0.15, 0.2) is 0 Å². The molecule has 14 heavy (non-hydrogen) atoms. The molecule has 0 heterocycles. The molecule has 0 bridgehead atoms. The van der Waals surface area contributed by atoms with Crippen LogP contribution in [0.4, 0.5) is 0 Å². The predicted octanol–water partition coefficient (Wildman–Crippen LogP) is 2.04. The van der Waals surface area contributed by atoms with Crippen molar-refractivity contribution in [1.29, 1.82) is 0 Å². The maximum absolute atomic E-state index is 9.73. The fraction of sp³-hybridized carbons (Fsp3) is 1.00. The Morgan fingerprint density at radius 3 is 2.64 bits per heavy atom. The second-order valence-electron chi connectivity index (χ2n) is 4.19. The van der Waals surface area contributed by atoms with Crippen molar-refractivity contribution in [2.24, 2.45) is 5.92 Å². The quantitative estimate of drug-likeness (QED) is 0.643. The molecule has 0 aromatic rings. The number of aliphatic hydroxyl groups is 2. The first kappa shape index (κ1) is 12.3. The van der Waals surface area contributed by atoms with Crippen molar-refractivity contribution in [2.75, 3.05) is 18.1 Å². The average Bonchev–Trinajstić information content (AvgIpc) is 2.65. The molecule has 0 spiro atoms. The van der Waals surface area contributed by atoms with E-state index < -0.39 is 0 Å². The van der Waals surface area contributed by atoms with Crippen LogP contribution in [-0.2, 0) is 0 Å². The van der Waals surface area contributed by atoms with E-state index in [1.165, 1.54) is 25.7 Å². The van der Waals surface area contributed by atoms with Gasteiger partial charge in [-0.15, -0.1) is 0 Å². The SMILES string of the molecule is OCCCSCC(O)CC1CCCC1. The molecule has 1 aliphatic carbocycles. The molecule has 0 aromatic heterocycles. The minimum Gasteiger partial charge on any atom is -0.396 e. The second-order valence-corrected chi connectivity index (χ2v) is 5.34. The third-order valence-corrected chi connectivity index (χ3v) is 4.04. The van der Waals surface area contributed by atoms with Gasteiger partial charge in [0, 0.05) is 12.4 Å². The number of hydrogen-bond acceptors (Lipinski definition) is 3. The van der Waals surface area contributed by atoms with E-state index in [1.54, 1.807) is 11.8 Å². The Morgan fingerprint density at radius 1 is 1.29 bits per heavy atom. The Hall–Kier alpha value is 0.270. The van der Waals surface area contributed by atoms with Crippen LogP contribution < -0.4 is 0 Å². The van der Waals surface area contributed by atoms with Crippen molar-refractivity contribution < 1.29 is 10.2 Å². The van der Waals surface area contributed by atoms with Crippen LogP contribution in [-0.4, -0.2) is 34.4 Å². The molecule has 1 unspecified atom stereocenters. The Bertz CT molecular complexity index is 135. The standard InChI is InChI=1S/C11H22O2S/c12-6-3-7-14-9-11(13)8-10-4-1-2-5-10/h10-13H,1-9H2. The van der Waals surface area contributed by atoms with Crippen LogP contribution in [0.15, 0.2) is 0 Å². The van der Waals surface area contributed by atoms with Gasteiger partial charge in [-0.05, 0) is 24.5 Å². The molecule has 3 heteroatoms. The van der Waals surface area contributed by atoms with Crippen molar-refractivity contribution >= 4 is 11.8 Å². The summed E-state index contributed by atoms with van der Waals surface area (Å²) in [6.45, 7) is 0.270. The van der Waals surface area contributed by atoms with Crippen molar-refractivity contribution in [1.82, 2.24) is 0 Å². The Morgan fingerprint density at radius 2 is 2.00 bits per heavy atom. The molecule has 1 rings (SSSR count). The molecule has 0 radical (unpaired) electrons. The molecule has 0 aromatic carbocycles. The third-order valence-electron chi connectivity index (χ3n) is 2.84. The van der Waals surface area contributed by atoms with Crippen LogP contribution in [0.3, 0.4) is 0 Å². The minimum absolute atomic E-state index is 0.123. The van der Waals surface area contributed by atoms with E-state index in [2.05, 4.69) is 0 Å². The maximum Gasteiger partial charge on any atom is 0.0633 e. The number of aliphatic hydroxyl groups excluding tert-OH is 2. The van der Waals surface area contributed by atoms with Crippen molar-refractivity contribution in [3.8, 4) is 0 Å². The van der Waals surface area contributed by atoms with Crippen LogP contribution in [0.2, 0.25) is 0 Å². The van der Waals surface area contributed by atoms with E-state index in [0.717, 1.165) is 30.3 Å². The van der Waals surface area contributed by atoms with Crippen LogP contribution in [0, 0.1) is 5.92 Å². The van der Waals surface area contributed by atoms with Gasteiger partial charge >= 0.3 is 0 Å². The van der Waals surface area contributed by atoms with Gasteiger partial charge in [-0.3, -0.25) is 0 Å². The van der Waals surface area contributed by atoms with Crippen LogP contribution in [0.1, 0.15) is 38.5 Å². The van der Waals surface area contributed by atoms with Crippen molar-refractivity contribution in [3.05, 3.63) is 0 Å². The lowest BCUT2D eigenvalue weighted by Gasteiger charge is -2.14. The molecule has 1 saturated carbocycles. The molecule has 0 saturated heterocycles. The molecule has 1 atom stereocenters. The van der Waals surface area contributed by atoms with E-state index in [4.69, 9.17) is 5.11 Å². The lowest BCUT2D eigenvalue weighted by atomic mass is 10.0. The Balaban J connectivity index is 1.95. The highest BCUT2D eigenvalue weighted by atomic mass is 32.2. The summed E-state index contributed by atoms with van der Waals surface area (Å²) in [5, 5.41) is 18.3. The summed E-state index contributed by atoms with van der Waals surface area (Å²) in [6, 6.07) is 0. The first-order chi connectivity index (χ1) is 6.83. The monoisotopic (exact) mass is 218 g/mol. The molecular weight excluding hydrogens is 196 g/mol. The molecule has 2 nitrogen and oxygen atoms in total. The molecule has 1 fully saturated rings. The lowest BCUT2D eigenvalue weighted by Crippen LogP contribution is -2.14. The highest BCUT2D eigenvalue weighted by Crippen LogP contribution is 2.29. The van der Waals surface area contributed by atoms with Crippen molar-refractivity contribution in [3.63, 3.8) is 0 Å². The highest BCUT2D eigenvalue weighted by Gasteiger charge is 2.18. The minimum atomic E-state index is -0.123. The van der Waals surface area contributed by atoms with Gasteiger partial charge in [0.1, 0.15) is 0 Å². The molecule has 1 aliphatic rings. The summed E-state index contributed by atoms with van der Waals surface area (Å²) in [6.07, 6.45) is 7.06. The second kappa shape index (κ2) is 7.55. The van der Waals surface area contributed by atoms with Gasteiger partial charge < -0.3 is 10.2 Å². The number of thioether (sulfide) groups is 1. The summed E-state index contributed by atoms with van der Waals surface area (Å²) >= 11 is 1.76. The van der Waals surface area contributed by atoms with Crippen LogP contribution in [0.5, 0.6) is 0 Å². The van der Waals surface area contributed by atoms with E-state index in [0.29, 0.717) is 0 Å². The van der Waals surface area contributed by atoms with Gasteiger partial charge in [-0.2, -0.15) is 11.8 Å². The summed E-state index contributed by atoms with van der Waals surface area (Å²) < 4.78 is 0. The van der Waals surface area contributed by atoms with E-state index in [9.17, 15) is 5.11 Å². The smallest absolute Gasteiger partial charge is 0.0633 e.